The Morgan fingerprint density at radius 2 is 2.26 bits per heavy atom. The predicted octanol–water partition coefficient (Wildman–Crippen LogP) is 4.66. The molecule has 2 heteroatoms. The van der Waals surface area contributed by atoms with Crippen LogP contribution in [0.15, 0.2) is 23.8 Å². The highest BCUT2D eigenvalue weighted by atomic mass is 16.5. The summed E-state index contributed by atoms with van der Waals surface area (Å²) in [7, 11) is 0. The Hall–Kier alpha value is -1.05. The van der Waals surface area contributed by atoms with Crippen molar-refractivity contribution in [2.24, 2.45) is 11.3 Å². The molecule has 0 bridgehead atoms. The second kappa shape index (κ2) is 6.93. The Labute approximate surface area is 117 Å². The minimum absolute atomic E-state index is 0.102. The Morgan fingerprint density at radius 3 is 2.84 bits per heavy atom. The molecule has 0 aromatic rings. The second-order valence-corrected chi connectivity index (χ2v) is 6.28. The number of ether oxygens (including phenoxy) is 1. The molecule has 0 aromatic carbocycles. The van der Waals surface area contributed by atoms with Gasteiger partial charge in [-0.15, -0.1) is 0 Å². The van der Waals surface area contributed by atoms with Crippen LogP contribution in [0.1, 0.15) is 60.3 Å². The Bertz CT molecular complexity index is 363. The molecule has 0 N–H and O–H groups in total. The van der Waals surface area contributed by atoms with Crippen molar-refractivity contribution < 1.29 is 9.53 Å². The lowest BCUT2D eigenvalue weighted by Gasteiger charge is -2.36. The highest BCUT2D eigenvalue weighted by Gasteiger charge is 2.30. The third-order valence-electron chi connectivity index (χ3n) is 3.93. The fraction of sp³-hybridized carbons (Fsp3) is 0.706. The average Bonchev–Trinajstić information content (AvgIpc) is 2.27. The molecule has 0 amide bonds. The molecule has 1 aliphatic carbocycles. The van der Waals surface area contributed by atoms with Crippen molar-refractivity contribution in [1.29, 1.82) is 0 Å². The summed E-state index contributed by atoms with van der Waals surface area (Å²) in [5.41, 5.74) is 1.72. The zero-order chi connectivity index (χ0) is 14.5. The van der Waals surface area contributed by atoms with E-state index in [-0.39, 0.29) is 12.1 Å². The molecule has 0 radical (unpaired) electrons. The van der Waals surface area contributed by atoms with Crippen LogP contribution >= 0.6 is 0 Å². The summed E-state index contributed by atoms with van der Waals surface area (Å²) in [6, 6.07) is 0. The maximum Gasteiger partial charge on any atom is 0.306 e. The number of carbonyl (C=O) groups excluding carboxylic acids is 1. The highest BCUT2D eigenvalue weighted by Crippen LogP contribution is 2.41. The van der Waals surface area contributed by atoms with E-state index in [2.05, 4.69) is 32.9 Å². The Morgan fingerprint density at radius 1 is 1.58 bits per heavy atom. The van der Waals surface area contributed by atoms with E-state index < -0.39 is 0 Å². The van der Waals surface area contributed by atoms with E-state index in [4.69, 9.17) is 4.74 Å². The average molecular weight is 264 g/mol. The van der Waals surface area contributed by atoms with Crippen LogP contribution in [-0.4, -0.2) is 12.1 Å². The standard InChI is InChI=1S/C17H28O2/c1-6-8-16(18)19-14(3)10-11-15-13(2)9-7-12-17(15,4)5/h9-11,14-15H,6-8,12H2,1-5H3. The molecule has 0 spiro atoms. The summed E-state index contributed by atoms with van der Waals surface area (Å²) in [6.45, 7) is 10.7. The molecule has 19 heavy (non-hydrogen) atoms. The van der Waals surface area contributed by atoms with Crippen molar-refractivity contribution in [3.63, 3.8) is 0 Å². The van der Waals surface area contributed by atoms with E-state index in [9.17, 15) is 4.79 Å². The molecular weight excluding hydrogens is 236 g/mol. The molecule has 0 aliphatic heterocycles. The van der Waals surface area contributed by atoms with Crippen LogP contribution in [0.2, 0.25) is 0 Å². The number of hydrogen-bond acceptors (Lipinski definition) is 2. The van der Waals surface area contributed by atoms with Crippen LogP contribution in [0, 0.1) is 11.3 Å². The minimum Gasteiger partial charge on any atom is -0.458 e. The van der Waals surface area contributed by atoms with Gasteiger partial charge in [0, 0.05) is 12.3 Å². The van der Waals surface area contributed by atoms with Gasteiger partial charge in [0.15, 0.2) is 0 Å². The Balaban J connectivity index is 2.61. The first-order chi connectivity index (χ1) is 8.86. The van der Waals surface area contributed by atoms with Gasteiger partial charge in [0.25, 0.3) is 0 Å². The SMILES string of the molecule is CCCC(=O)OC(C)C=CC1C(C)=CCCC1(C)C. The first kappa shape index (κ1) is 16.0. The fourth-order valence-corrected chi connectivity index (χ4v) is 2.76. The third-order valence-corrected chi connectivity index (χ3v) is 3.93. The lowest BCUT2D eigenvalue weighted by Crippen LogP contribution is -2.26. The molecule has 2 unspecified atom stereocenters. The van der Waals surface area contributed by atoms with Gasteiger partial charge in [-0.25, -0.2) is 0 Å². The molecule has 108 valence electrons. The lowest BCUT2D eigenvalue weighted by atomic mass is 9.68. The number of carbonyl (C=O) groups is 1. The number of rotatable bonds is 5. The zero-order valence-electron chi connectivity index (χ0n) is 13.0. The largest absolute Gasteiger partial charge is 0.458 e. The molecule has 0 aromatic heterocycles. The van der Waals surface area contributed by atoms with Crippen molar-refractivity contribution in [1.82, 2.24) is 0 Å². The zero-order valence-corrected chi connectivity index (χ0v) is 13.0. The molecule has 2 atom stereocenters. The van der Waals surface area contributed by atoms with E-state index in [0.717, 1.165) is 6.42 Å². The van der Waals surface area contributed by atoms with Gasteiger partial charge >= 0.3 is 5.97 Å². The van der Waals surface area contributed by atoms with Gasteiger partial charge in [-0.3, -0.25) is 4.79 Å². The molecule has 1 aliphatic rings. The molecule has 0 saturated heterocycles. The third kappa shape index (κ3) is 4.85. The van der Waals surface area contributed by atoms with E-state index >= 15 is 0 Å². The van der Waals surface area contributed by atoms with Gasteiger partial charge in [-0.2, -0.15) is 0 Å². The number of hydrogen-bond donors (Lipinski definition) is 0. The van der Waals surface area contributed by atoms with Crippen molar-refractivity contribution >= 4 is 5.97 Å². The van der Waals surface area contributed by atoms with Gasteiger partial charge in [0.05, 0.1) is 0 Å². The second-order valence-electron chi connectivity index (χ2n) is 6.28. The van der Waals surface area contributed by atoms with Gasteiger partial charge in [-0.05, 0) is 44.6 Å². The van der Waals surface area contributed by atoms with Crippen LogP contribution in [0.5, 0.6) is 0 Å². The number of esters is 1. The first-order valence-electron chi connectivity index (χ1n) is 7.41. The van der Waals surface area contributed by atoms with Crippen molar-refractivity contribution in [3.05, 3.63) is 23.8 Å². The van der Waals surface area contributed by atoms with E-state index in [1.54, 1.807) is 0 Å². The first-order valence-corrected chi connectivity index (χ1v) is 7.41. The monoisotopic (exact) mass is 264 g/mol. The molecule has 0 fully saturated rings. The molecule has 0 heterocycles. The highest BCUT2D eigenvalue weighted by molar-refractivity contribution is 5.69. The fourth-order valence-electron chi connectivity index (χ4n) is 2.76. The van der Waals surface area contributed by atoms with Gasteiger partial charge in [0.1, 0.15) is 6.10 Å². The van der Waals surface area contributed by atoms with Crippen LogP contribution in [0.3, 0.4) is 0 Å². The Kier molecular flexibility index (Phi) is 5.84. The maximum atomic E-state index is 11.4. The van der Waals surface area contributed by atoms with Gasteiger partial charge in [-0.1, -0.05) is 38.5 Å². The minimum atomic E-state index is -0.135. The summed E-state index contributed by atoms with van der Waals surface area (Å²) in [6.07, 6.45) is 10.2. The molecular formula is C17H28O2. The quantitative estimate of drug-likeness (QED) is 0.533. The topological polar surface area (TPSA) is 26.3 Å². The summed E-state index contributed by atoms with van der Waals surface area (Å²) < 4.78 is 5.34. The normalized spacial score (nSPS) is 24.1. The molecule has 1 rings (SSSR count). The molecule has 0 saturated carbocycles. The van der Waals surface area contributed by atoms with Gasteiger partial charge < -0.3 is 4.74 Å². The van der Waals surface area contributed by atoms with Crippen molar-refractivity contribution in [2.75, 3.05) is 0 Å². The van der Waals surface area contributed by atoms with E-state index in [0.29, 0.717) is 17.8 Å². The molecule has 2 nitrogen and oxygen atoms in total. The lowest BCUT2D eigenvalue weighted by molar-refractivity contribution is -0.146. The van der Waals surface area contributed by atoms with E-state index in [1.165, 1.54) is 18.4 Å². The van der Waals surface area contributed by atoms with E-state index in [1.807, 2.05) is 19.9 Å². The summed E-state index contributed by atoms with van der Waals surface area (Å²) >= 11 is 0. The maximum absolute atomic E-state index is 11.4. The van der Waals surface area contributed by atoms with Crippen molar-refractivity contribution in [2.45, 2.75) is 66.4 Å². The summed E-state index contributed by atoms with van der Waals surface area (Å²) in [5, 5.41) is 0. The van der Waals surface area contributed by atoms with Crippen LogP contribution in [0.4, 0.5) is 0 Å². The van der Waals surface area contributed by atoms with Crippen LogP contribution in [-0.2, 0) is 9.53 Å². The predicted molar refractivity (Wildman–Crippen MR) is 79.9 cm³/mol. The van der Waals surface area contributed by atoms with Gasteiger partial charge in [0.2, 0.25) is 0 Å². The van der Waals surface area contributed by atoms with Crippen molar-refractivity contribution in [3.8, 4) is 0 Å². The number of allylic oxidation sites excluding steroid dienone is 3. The summed E-state index contributed by atoms with van der Waals surface area (Å²) in [5.74, 6) is 0.350. The smallest absolute Gasteiger partial charge is 0.306 e. The summed E-state index contributed by atoms with van der Waals surface area (Å²) in [4.78, 5) is 11.4. The van der Waals surface area contributed by atoms with Crippen LogP contribution in [0.25, 0.3) is 0 Å². The van der Waals surface area contributed by atoms with Crippen LogP contribution < -0.4 is 0 Å².